The minimum atomic E-state index is -0.497. The van der Waals surface area contributed by atoms with Crippen molar-refractivity contribution in [1.82, 2.24) is 0 Å². The van der Waals surface area contributed by atoms with Crippen LogP contribution in [0.25, 0.3) is 0 Å². The number of aryl methyl sites for hydroxylation is 2. The molecule has 1 unspecified atom stereocenters. The third kappa shape index (κ3) is 2.29. The molecule has 1 heterocycles. The van der Waals surface area contributed by atoms with Crippen molar-refractivity contribution < 1.29 is 9.13 Å². The molecule has 2 aromatic rings. The fraction of sp³-hybridized carbons (Fsp3) is 0.294. The van der Waals surface area contributed by atoms with Crippen LogP contribution < -0.4 is 10.5 Å². The molecular formula is C17H18FNO. The molecule has 0 saturated heterocycles. The molecule has 20 heavy (non-hydrogen) atoms. The van der Waals surface area contributed by atoms with E-state index in [0.29, 0.717) is 12.2 Å². The smallest absolute Gasteiger partial charge is 0.128 e. The maximum Gasteiger partial charge on any atom is 0.128 e. The zero-order valence-corrected chi connectivity index (χ0v) is 11.5. The average molecular weight is 271 g/mol. The summed E-state index contributed by atoms with van der Waals surface area (Å²) in [7, 11) is 0. The summed E-state index contributed by atoms with van der Waals surface area (Å²) in [4.78, 5) is 0. The van der Waals surface area contributed by atoms with Gasteiger partial charge in [-0.1, -0.05) is 30.3 Å². The molecule has 0 fully saturated rings. The fourth-order valence-electron chi connectivity index (χ4n) is 2.71. The zero-order chi connectivity index (χ0) is 14.1. The SMILES string of the molecule is Cc1ccc(C(N)c2cccc3c2OCCC3)c(F)c1. The highest BCUT2D eigenvalue weighted by molar-refractivity contribution is 5.48. The van der Waals surface area contributed by atoms with E-state index in [2.05, 4.69) is 6.07 Å². The van der Waals surface area contributed by atoms with Gasteiger partial charge in [0.05, 0.1) is 12.6 Å². The Morgan fingerprint density at radius 2 is 2.05 bits per heavy atom. The van der Waals surface area contributed by atoms with Crippen LogP contribution in [-0.2, 0) is 6.42 Å². The molecule has 1 atom stereocenters. The summed E-state index contributed by atoms with van der Waals surface area (Å²) in [6, 6.07) is 10.6. The van der Waals surface area contributed by atoms with Gasteiger partial charge in [-0.3, -0.25) is 0 Å². The second-order valence-electron chi connectivity index (χ2n) is 5.29. The molecule has 0 radical (unpaired) electrons. The Kier molecular flexibility index (Phi) is 3.45. The Morgan fingerprint density at radius 3 is 2.85 bits per heavy atom. The van der Waals surface area contributed by atoms with Crippen molar-refractivity contribution in [3.8, 4) is 5.75 Å². The number of halogens is 1. The number of nitrogens with two attached hydrogens (primary N) is 1. The van der Waals surface area contributed by atoms with Gasteiger partial charge in [0.15, 0.2) is 0 Å². The van der Waals surface area contributed by atoms with Gasteiger partial charge in [0.1, 0.15) is 11.6 Å². The lowest BCUT2D eigenvalue weighted by Crippen LogP contribution is -2.18. The van der Waals surface area contributed by atoms with Gasteiger partial charge in [0.2, 0.25) is 0 Å². The summed E-state index contributed by atoms with van der Waals surface area (Å²) in [5.74, 6) is 0.581. The number of ether oxygens (including phenoxy) is 1. The van der Waals surface area contributed by atoms with Crippen LogP contribution in [0.1, 0.15) is 34.7 Å². The monoisotopic (exact) mass is 271 g/mol. The number of hydrogen-bond acceptors (Lipinski definition) is 2. The largest absolute Gasteiger partial charge is 0.493 e. The quantitative estimate of drug-likeness (QED) is 0.907. The number of hydrogen-bond donors (Lipinski definition) is 1. The van der Waals surface area contributed by atoms with Crippen LogP contribution in [0, 0.1) is 12.7 Å². The lowest BCUT2D eigenvalue weighted by molar-refractivity contribution is 0.284. The normalized spacial score (nSPS) is 15.3. The van der Waals surface area contributed by atoms with E-state index in [0.717, 1.165) is 35.3 Å². The Labute approximate surface area is 118 Å². The lowest BCUT2D eigenvalue weighted by Gasteiger charge is -2.23. The van der Waals surface area contributed by atoms with Crippen LogP contribution in [0.3, 0.4) is 0 Å². The second-order valence-corrected chi connectivity index (χ2v) is 5.29. The van der Waals surface area contributed by atoms with Gasteiger partial charge in [0.25, 0.3) is 0 Å². The Balaban J connectivity index is 2.04. The van der Waals surface area contributed by atoms with Crippen LogP contribution in [0.4, 0.5) is 4.39 Å². The van der Waals surface area contributed by atoms with Gasteiger partial charge < -0.3 is 10.5 Å². The van der Waals surface area contributed by atoms with E-state index in [1.807, 2.05) is 25.1 Å². The maximum absolute atomic E-state index is 14.1. The Morgan fingerprint density at radius 1 is 1.20 bits per heavy atom. The molecule has 1 aliphatic heterocycles. The van der Waals surface area contributed by atoms with Crippen LogP contribution >= 0.6 is 0 Å². The molecule has 0 bridgehead atoms. The minimum absolute atomic E-state index is 0.258. The summed E-state index contributed by atoms with van der Waals surface area (Å²) >= 11 is 0. The number of fused-ring (bicyclic) bond motifs is 1. The summed E-state index contributed by atoms with van der Waals surface area (Å²) in [5.41, 5.74) is 9.71. The fourth-order valence-corrected chi connectivity index (χ4v) is 2.71. The van der Waals surface area contributed by atoms with Crippen molar-refractivity contribution in [2.45, 2.75) is 25.8 Å². The number of para-hydroxylation sites is 1. The van der Waals surface area contributed by atoms with Gasteiger partial charge in [-0.2, -0.15) is 0 Å². The first-order valence-corrected chi connectivity index (χ1v) is 6.93. The topological polar surface area (TPSA) is 35.2 Å². The standard InChI is InChI=1S/C17H18FNO/c1-11-7-8-13(15(18)10-11)16(19)14-6-2-4-12-5-3-9-20-17(12)14/h2,4,6-8,10,16H,3,5,9,19H2,1H3. The van der Waals surface area contributed by atoms with Crippen molar-refractivity contribution in [2.75, 3.05) is 6.61 Å². The van der Waals surface area contributed by atoms with Crippen molar-refractivity contribution in [1.29, 1.82) is 0 Å². The van der Waals surface area contributed by atoms with E-state index in [9.17, 15) is 4.39 Å². The highest BCUT2D eigenvalue weighted by atomic mass is 19.1. The Hall–Kier alpha value is -1.87. The van der Waals surface area contributed by atoms with Crippen molar-refractivity contribution in [2.24, 2.45) is 5.73 Å². The predicted octanol–water partition coefficient (Wildman–Crippen LogP) is 3.51. The van der Waals surface area contributed by atoms with Crippen LogP contribution in [0.2, 0.25) is 0 Å². The molecule has 0 spiro atoms. The van der Waals surface area contributed by atoms with Crippen LogP contribution in [0.5, 0.6) is 5.75 Å². The van der Waals surface area contributed by atoms with E-state index in [-0.39, 0.29) is 5.82 Å². The molecule has 0 saturated carbocycles. The van der Waals surface area contributed by atoms with E-state index in [1.165, 1.54) is 6.07 Å². The first-order chi connectivity index (χ1) is 9.66. The molecule has 0 aromatic heterocycles. The third-order valence-electron chi connectivity index (χ3n) is 3.79. The van der Waals surface area contributed by atoms with Crippen molar-refractivity contribution in [3.63, 3.8) is 0 Å². The molecular weight excluding hydrogens is 253 g/mol. The van der Waals surface area contributed by atoms with Crippen LogP contribution in [-0.4, -0.2) is 6.61 Å². The van der Waals surface area contributed by atoms with Crippen LogP contribution in [0.15, 0.2) is 36.4 Å². The minimum Gasteiger partial charge on any atom is -0.493 e. The van der Waals surface area contributed by atoms with Gasteiger partial charge in [0, 0.05) is 11.1 Å². The summed E-state index contributed by atoms with van der Waals surface area (Å²) < 4.78 is 19.9. The lowest BCUT2D eigenvalue weighted by atomic mass is 9.93. The molecule has 2 aromatic carbocycles. The molecule has 3 heteroatoms. The number of benzene rings is 2. The predicted molar refractivity (Wildman–Crippen MR) is 77.4 cm³/mol. The highest BCUT2D eigenvalue weighted by Gasteiger charge is 2.21. The molecule has 1 aliphatic rings. The molecule has 3 rings (SSSR count). The van der Waals surface area contributed by atoms with E-state index in [1.54, 1.807) is 6.07 Å². The van der Waals surface area contributed by atoms with Gasteiger partial charge >= 0.3 is 0 Å². The molecule has 104 valence electrons. The summed E-state index contributed by atoms with van der Waals surface area (Å²) in [6.45, 7) is 2.57. The third-order valence-corrected chi connectivity index (χ3v) is 3.79. The highest BCUT2D eigenvalue weighted by Crippen LogP contribution is 2.35. The average Bonchev–Trinajstić information content (AvgIpc) is 2.46. The molecule has 0 amide bonds. The van der Waals surface area contributed by atoms with Gasteiger partial charge in [-0.25, -0.2) is 4.39 Å². The second kappa shape index (κ2) is 5.25. The van der Waals surface area contributed by atoms with E-state index < -0.39 is 6.04 Å². The van der Waals surface area contributed by atoms with Gasteiger partial charge in [-0.05, 0) is 37.0 Å². The number of rotatable bonds is 2. The summed E-state index contributed by atoms with van der Waals surface area (Å²) in [5, 5.41) is 0. The van der Waals surface area contributed by atoms with E-state index >= 15 is 0 Å². The summed E-state index contributed by atoms with van der Waals surface area (Å²) in [6.07, 6.45) is 2.01. The van der Waals surface area contributed by atoms with Crippen molar-refractivity contribution in [3.05, 3.63) is 64.5 Å². The molecule has 0 aliphatic carbocycles. The zero-order valence-electron chi connectivity index (χ0n) is 11.5. The van der Waals surface area contributed by atoms with Gasteiger partial charge in [-0.15, -0.1) is 0 Å². The molecule has 2 nitrogen and oxygen atoms in total. The first-order valence-electron chi connectivity index (χ1n) is 6.93. The first kappa shape index (κ1) is 13.1. The maximum atomic E-state index is 14.1. The van der Waals surface area contributed by atoms with Crippen molar-refractivity contribution >= 4 is 0 Å². The van der Waals surface area contributed by atoms with E-state index in [4.69, 9.17) is 10.5 Å². The molecule has 2 N–H and O–H groups in total. The Bertz CT molecular complexity index is 639.